The molecule has 1 saturated heterocycles. The van der Waals surface area contributed by atoms with E-state index in [0.29, 0.717) is 22.8 Å². The lowest BCUT2D eigenvalue weighted by atomic mass is 10.1. The first-order valence-electron chi connectivity index (χ1n) is 9.32. The maximum atomic E-state index is 13.3. The Bertz CT molecular complexity index is 1060. The standard InChI is InChI=1S/C21H19BrN4O2S.ClH/c22-17-5-6-18-19(13-17)29-21(24-18)26(8-7-25-9-11-28-12-10-25)20(27)16-3-1-15(14-23)2-4-16;/h1-6,13H,7-12H2;1H. The molecule has 0 unspecified atom stereocenters. The Kier molecular flexibility index (Phi) is 7.81. The van der Waals surface area contributed by atoms with Gasteiger partial charge in [-0.3, -0.25) is 14.6 Å². The van der Waals surface area contributed by atoms with E-state index in [9.17, 15) is 4.79 Å². The molecule has 0 saturated carbocycles. The van der Waals surface area contributed by atoms with Crippen LogP contribution < -0.4 is 4.90 Å². The van der Waals surface area contributed by atoms with Crippen LogP contribution in [0.3, 0.4) is 0 Å². The molecule has 1 fully saturated rings. The minimum Gasteiger partial charge on any atom is -0.379 e. The van der Waals surface area contributed by atoms with Crippen molar-refractivity contribution in [3.05, 3.63) is 58.1 Å². The van der Waals surface area contributed by atoms with E-state index in [1.54, 1.807) is 29.2 Å². The van der Waals surface area contributed by atoms with Gasteiger partial charge in [0.15, 0.2) is 5.13 Å². The normalized spacial score (nSPS) is 14.1. The van der Waals surface area contributed by atoms with E-state index >= 15 is 0 Å². The number of fused-ring (bicyclic) bond motifs is 1. The smallest absolute Gasteiger partial charge is 0.260 e. The average Bonchev–Trinajstić information content (AvgIpc) is 3.17. The second-order valence-electron chi connectivity index (χ2n) is 6.71. The van der Waals surface area contributed by atoms with E-state index in [-0.39, 0.29) is 18.3 Å². The predicted octanol–water partition coefficient (Wildman–Crippen LogP) is 4.33. The molecule has 1 aliphatic heterocycles. The summed E-state index contributed by atoms with van der Waals surface area (Å²) >= 11 is 5.00. The van der Waals surface area contributed by atoms with Gasteiger partial charge in [0, 0.05) is 36.2 Å². The number of ether oxygens (including phenoxy) is 1. The molecule has 0 N–H and O–H groups in total. The number of anilines is 1. The first kappa shape index (κ1) is 22.7. The van der Waals surface area contributed by atoms with Crippen LogP contribution in [0.4, 0.5) is 5.13 Å². The van der Waals surface area contributed by atoms with E-state index < -0.39 is 0 Å². The van der Waals surface area contributed by atoms with E-state index in [4.69, 9.17) is 15.0 Å². The van der Waals surface area contributed by atoms with Gasteiger partial charge in [0.25, 0.3) is 5.91 Å². The molecule has 1 aliphatic rings. The average molecular weight is 508 g/mol. The van der Waals surface area contributed by atoms with Gasteiger partial charge in [-0.25, -0.2) is 4.98 Å². The number of halogens is 2. The zero-order valence-corrected chi connectivity index (χ0v) is 19.3. The minimum absolute atomic E-state index is 0. The van der Waals surface area contributed by atoms with Gasteiger partial charge in [-0.15, -0.1) is 12.4 Å². The van der Waals surface area contributed by atoms with Gasteiger partial charge in [-0.05, 0) is 42.5 Å². The van der Waals surface area contributed by atoms with E-state index in [1.165, 1.54) is 11.3 Å². The molecule has 30 heavy (non-hydrogen) atoms. The highest BCUT2D eigenvalue weighted by Gasteiger charge is 2.23. The molecule has 0 bridgehead atoms. The highest BCUT2D eigenvalue weighted by atomic mass is 79.9. The van der Waals surface area contributed by atoms with Crippen LogP contribution in [0, 0.1) is 11.3 Å². The monoisotopic (exact) mass is 506 g/mol. The SMILES string of the molecule is Cl.N#Cc1ccc(C(=O)N(CCN2CCOCC2)c2nc3ccc(Br)cc3s2)cc1. The molecule has 0 atom stereocenters. The number of carbonyl (C=O) groups excluding carboxylic acids is 1. The van der Waals surface area contributed by atoms with Crippen molar-refractivity contribution in [1.29, 1.82) is 5.26 Å². The Morgan fingerprint density at radius 3 is 2.67 bits per heavy atom. The lowest BCUT2D eigenvalue weighted by Gasteiger charge is -2.29. The Hall–Kier alpha value is -2.02. The Morgan fingerprint density at radius 1 is 1.23 bits per heavy atom. The maximum absolute atomic E-state index is 13.3. The second kappa shape index (κ2) is 10.3. The van der Waals surface area contributed by atoms with Gasteiger partial charge in [0.1, 0.15) is 0 Å². The topological polar surface area (TPSA) is 69.5 Å². The summed E-state index contributed by atoms with van der Waals surface area (Å²) in [6, 6.07) is 14.7. The minimum atomic E-state index is -0.110. The summed E-state index contributed by atoms with van der Waals surface area (Å²) < 4.78 is 7.43. The number of thiazole rings is 1. The fourth-order valence-corrected chi connectivity index (χ4v) is 4.74. The van der Waals surface area contributed by atoms with Crippen molar-refractivity contribution in [2.45, 2.75) is 0 Å². The first-order chi connectivity index (χ1) is 14.1. The zero-order valence-electron chi connectivity index (χ0n) is 16.1. The molecule has 156 valence electrons. The summed E-state index contributed by atoms with van der Waals surface area (Å²) in [6.07, 6.45) is 0. The third-order valence-corrected chi connectivity index (χ3v) is 6.35. The molecule has 0 aliphatic carbocycles. The third-order valence-electron chi connectivity index (χ3n) is 4.82. The maximum Gasteiger partial charge on any atom is 0.260 e. The van der Waals surface area contributed by atoms with Crippen molar-refractivity contribution in [2.75, 3.05) is 44.3 Å². The number of amides is 1. The molecule has 0 spiro atoms. The van der Waals surface area contributed by atoms with Gasteiger partial charge in [-0.2, -0.15) is 5.26 Å². The summed E-state index contributed by atoms with van der Waals surface area (Å²) in [4.78, 5) is 22.1. The van der Waals surface area contributed by atoms with Crippen LogP contribution in [0.15, 0.2) is 46.9 Å². The van der Waals surface area contributed by atoms with Crippen molar-refractivity contribution >= 4 is 60.9 Å². The van der Waals surface area contributed by atoms with Gasteiger partial charge in [0.05, 0.1) is 35.1 Å². The van der Waals surface area contributed by atoms with Gasteiger partial charge >= 0.3 is 0 Å². The first-order valence-corrected chi connectivity index (χ1v) is 10.9. The summed E-state index contributed by atoms with van der Waals surface area (Å²) in [5.41, 5.74) is 1.95. The van der Waals surface area contributed by atoms with Crippen LogP contribution in [0.5, 0.6) is 0 Å². The number of nitriles is 1. The molecule has 2 heterocycles. The van der Waals surface area contributed by atoms with Crippen LogP contribution in [-0.2, 0) is 4.74 Å². The quantitative estimate of drug-likeness (QED) is 0.514. The number of morpholine rings is 1. The number of hydrogen-bond donors (Lipinski definition) is 0. The molecule has 3 aromatic rings. The molecule has 0 radical (unpaired) electrons. The number of carbonyl (C=O) groups is 1. The van der Waals surface area contributed by atoms with Gasteiger partial charge in [0.2, 0.25) is 0 Å². The highest BCUT2D eigenvalue weighted by Crippen LogP contribution is 2.31. The molecular formula is C21H20BrClN4O2S. The molecule has 1 aromatic heterocycles. The van der Waals surface area contributed by atoms with Crippen molar-refractivity contribution in [2.24, 2.45) is 0 Å². The number of benzene rings is 2. The van der Waals surface area contributed by atoms with E-state index in [1.807, 2.05) is 18.2 Å². The predicted molar refractivity (Wildman–Crippen MR) is 125 cm³/mol. The highest BCUT2D eigenvalue weighted by molar-refractivity contribution is 9.10. The number of nitrogens with zero attached hydrogens (tertiary/aromatic N) is 4. The summed E-state index contributed by atoms with van der Waals surface area (Å²) in [6.45, 7) is 4.47. The summed E-state index contributed by atoms with van der Waals surface area (Å²) in [5, 5.41) is 9.69. The summed E-state index contributed by atoms with van der Waals surface area (Å²) in [7, 11) is 0. The number of aromatic nitrogens is 1. The van der Waals surface area contributed by atoms with E-state index in [2.05, 4.69) is 26.9 Å². The molecule has 2 aromatic carbocycles. The molecular weight excluding hydrogens is 488 g/mol. The Balaban J connectivity index is 0.00000256. The van der Waals surface area contributed by atoms with Crippen molar-refractivity contribution in [3.8, 4) is 6.07 Å². The van der Waals surface area contributed by atoms with Crippen LogP contribution in [0.2, 0.25) is 0 Å². The largest absolute Gasteiger partial charge is 0.379 e. The Labute approximate surface area is 193 Å². The van der Waals surface area contributed by atoms with Crippen molar-refractivity contribution in [3.63, 3.8) is 0 Å². The van der Waals surface area contributed by atoms with Crippen LogP contribution in [0.25, 0.3) is 10.2 Å². The van der Waals surface area contributed by atoms with Crippen LogP contribution in [-0.4, -0.2) is 55.2 Å². The second-order valence-corrected chi connectivity index (χ2v) is 8.63. The number of hydrogen-bond acceptors (Lipinski definition) is 6. The molecule has 9 heteroatoms. The molecule has 1 amide bonds. The van der Waals surface area contributed by atoms with Crippen molar-refractivity contribution < 1.29 is 9.53 Å². The fourth-order valence-electron chi connectivity index (χ4n) is 3.20. The molecule has 6 nitrogen and oxygen atoms in total. The van der Waals surface area contributed by atoms with Crippen LogP contribution >= 0.6 is 39.7 Å². The number of rotatable bonds is 5. The lowest BCUT2D eigenvalue weighted by Crippen LogP contribution is -2.43. The Morgan fingerprint density at radius 2 is 1.97 bits per heavy atom. The third kappa shape index (κ3) is 5.17. The van der Waals surface area contributed by atoms with Gasteiger partial charge < -0.3 is 4.74 Å². The van der Waals surface area contributed by atoms with Crippen molar-refractivity contribution in [1.82, 2.24) is 9.88 Å². The van der Waals surface area contributed by atoms with Crippen LogP contribution in [0.1, 0.15) is 15.9 Å². The molecule has 4 rings (SSSR count). The van der Waals surface area contributed by atoms with E-state index in [0.717, 1.165) is 47.5 Å². The lowest BCUT2D eigenvalue weighted by molar-refractivity contribution is 0.0391. The fraction of sp³-hybridized carbons (Fsp3) is 0.286. The zero-order chi connectivity index (χ0) is 20.2. The van der Waals surface area contributed by atoms with Gasteiger partial charge in [-0.1, -0.05) is 27.3 Å². The summed E-state index contributed by atoms with van der Waals surface area (Å²) in [5.74, 6) is -0.110.